The van der Waals surface area contributed by atoms with E-state index in [-0.39, 0.29) is 19.4 Å². The van der Waals surface area contributed by atoms with Crippen molar-refractivity contribution in [2.24, 2.45) is 0 Å². The highest BCUT2D eigenvalue weighted by molar-refractivity contribution is 7.46. The van der Waals surface area contributed by atoms with Crippen molar-refractivity contribution in [2.45, 2.75) is 174 Å². The van der Waals surface area contributed by atoms with Crippen molar-refractivity contribution >= 4 is 19.8 Å². The topological polar surface area (TPSA) is 119 Å². The van der Waals surface area contributed by atoms with Gasteiger partial charge in [-0.1, -0.05) is 162 Å². The highest BCUT2D eigenvalue weighted by Crippen LogP contribution is 2.36. The molecule has 56 heavy (non-hydrogen) atoms. The van der Waals surface area contributed by atoms with Gasteiger partial charge in [0.25, 0.3) is 0 Å². The maximum atomic E-state index is 12.4. The van der Waals surface area contributed by atoms with E-state index in [9.17, 15) is 14.2 Å². The summed E-state index contributed by atoms with van der Waals surface area (Å²) in [7, 11) is -4.77. The lowest BCUT2D eigenvalue weighted by Gasteiger charge is -2.18. The van der Waals surface area contributed by atoms with Crippen molar-refractivity contribution in [1.82, 2.24) is 0 Å². The zero-order valence-electron chi connectivity index (χ0n) is 35.0. The van der Waals surface area contributed by atoms with Gasteiger partial charge in [0, 0.05) is 12.8 Å². The molecule has 318 valence electrons. The van der Waals surface area contributed by atoms with Crippen LogP contribution < -0.4 is 0 Å². The van der Waals surface area contributed by atoms with Crippen molar-refractivity contribution in [3.8, 4) is 0 Å². The summed E-state index contributed by atoms with van der Waals surface area (Å²) in [5.41, 5.74) is 0. The third-order valence-electron chi connectivity index (χ3n) is 8.60. The zero-order chi connectivity index (χ0) is 41.1. The van der Waals surface area contributed by atoms with Crippen molar-refractivity contribution in [2.75, 3.05) is 13.2 Å². The van der Waals surface area contributed by atoms with Crippen LogP contribution in [-0.4, -0.2) is 41.0 Å². The molecule has 0 bridgehead atoms. The smallest absolute Gasteiger partial charge is 0.462 e. The molecule has 8 nitrogen and oxygen atoms in total. The van der Waals surface area contributed by atoms with Crippen LogP contribution in [0, 0.1) is 0 Å². The fourth-order valence-corrected chi connectivity index (χ4v) is 5.83. The Morgan fingerprint density at radius 1 is 0.464 bits per heavy atom. The van der Waals surface area contributed by atoms with Crippen LogP contribution in [0.4, 0.5) is 0 Å². The first-order valence-electron chi connectivity index (χ1n) is 21.5. The highest BCUT2D eigenvalue weighted by atomic mass is 31.2. The monoisotopic (exact) mass is 801 g/mol. The van der Waals surface area contributed by atoms with E-state index >= 15 is 0 Å². The SMILES string of the molecule is CC/C=C\C/C=C\C/C=C\C/C=C\CCCCCCCCCCC(=O)OC(COC(=O)CCCCCC/C=C\C/C=C\C/C=C\C/C=C\CC)COP(=O)(O)O. The van der Waals surface area contributed by atoms with Crippen LogP contribution >= 0.6 is 7.82 Å². The average Bonchev–Trinajstić information content (AvgIpc) is 3.17. The third kappa shape index (κ3) is 43.7. The normalized spacial score (nSPS) is 13.4. The Morgan fingerprint density at radius 3 is 1.20 bits per heavy atom. The number of esters is 2. The Hall–Kier alpha value is -3.03. The predicted octanol–water partition coefficient (Wildman–Crippen LogP) is 13.4. The van der Waals surface area contributed by atoms with Gasteiger partial charge in [0.15, 0.2) is 6.10 Å². The van der Waals surface area contributed by atoms with Crippen molar-refractivity contribution in [1.29, 1.82) is 0 Å². The minimum atomic E-state index is -4.77. The molecule has 0 rings (SSSR count). The summed E-state index contributed by atoms with van der Waals surface area (Å²) in [6, 6.07) is 0. The lowest BCUT2D eigenvalue weighted by Crippen LogP contribution is -2.29. The van der Waals surface area contributed by atoms with Gasteiger partial charge in [-0.3, -0.25) is 14.1 Å². The molecule has 0 saturated heterocycles. The zero-order valence-corrected chi connectivity index (χ0v) is 35.9. The summed E-state index contributed by atoms with van der Waals surface area (Å²) >= 11 is 0. The molecule has 0 aliphatic rings. The third-order valence-corrected chi connectivity index (χ3v) is 9.08. The second-order valence-electron chi connectivity index (χ2n) is 13.9. The largest absolute Gasteiger partial charge is 0.469 e. The van der Waals surface area contributed by atoms with Gasteiger partial charge in [-0.15, -0.1) is 0 Å². The predicted molar refractivity (Wildman–Crippen MR) is 234 cm³/mol. The van der Waals surface area contributed by atoms with E-state index in [1.165, 1.54) is 25.7 Å². The van der Waals surface area contributed by atoms with Gasteiger partial charge in [-0.2, -0.15) is 0 Å². The number of rotatable bonds is 38. The standard InChI is InChI=1S/C47H77O8P/c1-3-5-7-9-11-13-15-17-19-21-22-23-24-26-28-30-32-34-36-38-40-42-47(49)55-45(44-54-56(50,51)52)43-53-46(48)41-39-37-35-33-31-29-27-25-20-18-16-14-12-10-8-6-4-2/h5-8,11-14,17-20,22-23,27,29,45H,3-4,9-10,15-16,21,24-26,28,30-44H2,1-2H3,(H2,50,51,52)/b7-5-,8-6-,13-11-,14-12-,19-17-,20-18-,23-22-,29-27-. The number of phosphoric acid groups is 1. The van der Waals surface area contributed by atoms with Gasteiger partial charge < -0.3 is 19.3 Å². The molecule has 0 radical (unpaired) electrons. The molecule has 0 aromatic rings. The first kappa shape index (κ1) is 53.0. The molecule has 1 unspecified atom stereocenters. The quantitative estimate of drug-likeness (QED) is 0.0274. The van der Waals surface area contributed by atoms with Crippen LogP contribution in [-0.2, 0) is 28.2 Å². The Morgan fingerprint density at radius 2 is 0.804 bits per heavy atom. The van der Waals surface area contributed by atoms with Crippen LogP contribution in [0.15, 0.2) is 97.2 Å². The number of carbonyl (C=O) groups is 2. The van der Waals surface area contributed by atoms with Crippen LogP contribution in [0.5, 0.6) is 0 Å². The van der Waals surface area contributed by atoms with E-state index in [0.29, 0.717) is 12.8 Å². The molecule has 0 spiro atoms. The molecule has 9 heteroatoms. The first-order chi connectivity index (χ1) is 27.3. The molecule has 0 saturated carbocycles. The molecule has 0 aliphatic carbocycles. The van der Waals surface area contributed by atoms with E-state index in [4.69, 9.17) is 19.3 Å². The van der Waals surface area contributed by atoms with Crippen LogP contribution in [0.25, 0.3) is 0 Å². The fourth-order valence-electron chi connectivity index (χ4n) is 5.47. The second kappa shape index (κ2) is 41.6. The van der Waals surface area contributed by atoms with Gasteiger partial charge in [0.05, 0.1) is 6.61 Å². The van der Waals surface area contributed by atoms with E-state index < -0.39 is 32.5 Å². The molecule has 0 fully saturated rings. The minimum absolute atomic E-state index is 0.191. The molecular weight excluding hydrogens is 723 g/mol. The summed E-state index contributed by atoms with van der Waals surface area (Å²) < 4.78 is 26.4. The molecule has 0 amide bonds. The number of allylic oxidation sites excluding steroid dienone is 16. The lowest BCUT2D eigenvalue weighted by atomic mass is 10.1. The molecule has 0 aromatic carbocycles. The fraction of sp³-hybridized carbons (Fsp3) is 0.617. The highest BCUT2D eigenvalue weighted by Gasteiger charge is 2.22. The van der Waals surface area contributed by atoms with Crippen LogP contribution in [0.3, 0.4) is 0 Å². The summed E-state index contributed by atoms with van der Waals surface area (Å²) in [5, 5.41) is 0. The molecule has 0 aromatic heterocycles. The van der Waals surface area contributed by atoms with Crippen LogP contribution in [0.2, 0.25) is 0 Å². The molecule has 0 heterocycles. The van der Waals surface area contributed by atoms with E-state index in [2.05, 4.69) is 116 Å². The molecule has 0 aliphatic heterocycles. The average molecular weight is 801 g/mol. The number of ether oxygens (including phenoxy) is 2. The summed E-state index contributed by atoms with van der Waals surface area (Å²) in [5.74, 6) is -0.930. The first-order valence-corrected chi connectivity index (χ1v) is 23.1. The number of hydrogen-bond acceptors (Lipinski definition) is 6. The van der Waals surface area contributed by atoms with Crippen LogP contribution in [0.1, 0.15) is 168 Å². The maximum absolute atomic E-state index is 12.4. The summed E-state index contributed by atoms with van der Waals surface area (Å²) in [4.78, 5) is 42.9. The molecular formula is C47H77O8P. The second-order valence-corrected chi connectivity index (χ2v) is 15.1. The Balaban J connectivity index is 3.98. The maximum Gasteiger partial charge on any atom is 0.469 e. The number of hydrogen-bond donors (Lipinski definition) is 2. The van der Waals surface area contributed by atoms with Gasteiger partial charge in [0.2, 0.25) is 0 Å². The minimum Gasteiger partial charge on any atom is -0.462 e. The van der Waals surface area contributed by atoms with E-state index in [0.717, 1.165) is 103 Å². The Bertz CT molecular complexity index is 1220. The van der Waals surface area contributed by atoms with Gasteiger partial charge in [-0.25, -0.2) is 4.57 Å². The Kier molecular flexibility index (Phi) is 39.3. The molecule has 1 atom stereocenters. The summed E-state index contributed by atoms with van der Waals surface area (Å²) in [6.07, 6.45) is 56.9. The van der Waals surface area contributed by atoms with Crippen molar-refractivity contribution in [3.63, 3.8) is 0 Å². The van der Waals surface area contributed by atoms with Gasteiger partial charge >= 0.3 is 19.8 Å². The number of unbranched alkanes of at least 4 members (excludes halogenated alkanes) is 12. The van der Waals surface area contributed by atoms with E-state index in [1.807, 2.05) is 0 Å². The number of phosphoric ester groups is 1. The Labute approximate surface area is 341 Å². The lowest BCUT2D eigenvalue weighted by molar-refractivity contribution is -0.161. The van der Waals surface area contributed by atoms with Crippen molar-refractivity contribution in [3.05, 3.63) is 97.2 Å². The van der Waals surface area contributed by atoms with E-state index in [1.54, 1.807) is 0 Å². The molecule has 2 N–H and O–H groups in total. The summed E-state index contributed by atoms with van der Waals surface area (Å²) in [6.45, 7) is 3.42. The van der Waals surface area contributed by atoms with Crippen molar-refractivity contribution < 1.29 is 37.9 Å². The van der Waals surface area contributed by atoms with Gasteiger partial charge in [-0.05, 0) is 89.9 Å². The number of carbonyl (C=O) groups excluding carboxylic acids is 2. The van der Waals surface area contributed by atoms with Gasteiger partial charge in [0.1, 0.15) is 6.61 Å².